The lowest BCUT2D eigenvalue weighted by Crippen LogP contribution is -2.34. The average Bonchev–Trinajstić information content (AvgIpc) is 2.64. The minimum Gasteiger partial charge on any atom is -0.354 e. The molecule has 0 bridgehead atoms. The third-order valence-electron chi connectivity index (χ3n) is 3.53. The summed E-state index contributed by atoms with van der Waals surface area (Å²) in [5.74, 6) is 0.115. The lowest BCUT2D eigenvalue weighted by atomic mass is 10.1. The molecule has 0 unspecified atom stereocenters. The van der Waals surface area contributed by atoms with Crippen LogP contribution in [-0.4, -0.2) is 36.3 Å². The molecule has 1 aliphatic heterocycles. The van der Waals surface area contributed by atoms with Gasteiger partial charge in [0.2, 0.25) is 11.8 Å². The third kappa shape index (κ3) is 3.97. The van der Waals surface area contributed by atoms with Crippen LogP contribution in [0.5, 0.6) is 0 Å². The fraction of sp³-hybridized carbons (Fsp3) is 0.467. The molecule has 2 rings (SSSR count). The van der Waals surface area contributed by atoms with Crippen LogP contribution < -0.4 is 5.32 Å². The van der Waals surface area contributed by atoms with Gasteiger partial charge < -0.3 is 10.2 Å². The largest absolute Gasteiger partial charge is 0.354 e. The maximum absolute atomic E-state index is 12.1. The van der Waals surface area contributed by atoms with Crippen molar-refractivity contribution >= 4 is 23.4 Å². The van der Waals surface area contributed by atoms with Crippen molar-refractivity contribution in [2.75, 3.05) is 19.6 Å². The highest BCUT2D eigenvalue weighted by atomic mass is 35.5. The number of aryl methyl sites for hydroxylation is 2. The Kier molecular flexibility index (Phi) is 5.01. The molecule has 0 aliphatic carbocycles. The Labute approximate surface area is 124 Å². The van der Waals surface area contributed by atoms with Crippen molar-refractivity contribution in [3.05, 3.63) is 34.3 Å². The lowest BCUT2D eigenvalue weighted by Gasteiger charge is -2.19. The van der Waals surface area contributed by atoms with Gasteiger partial charge in [-0.05, 0) is 30.5 Å². The number of hydrogen-bond donors (Lipinski definition) is 1. The van der Waals surface area contributed by atoms with Crippen LogP contribution in [0.3, 0.4) is 0 Å². The van der Waals surface area contributed by atoms with Crippen LogP contribution in [0.4, 0.5) is 0 Å². The lowest BCUT2D eigenvalue weighted by molar-refractivity contribution is -0.131. The molecule has 5 heteroatoms. The minimum atomic E-state index is 0.0191. The first-order valence-electron chi connectivity index (χ1n) is 6.86. The van der Waals surface area contributed by atoms with Gasteiger partial charge in [-0.3, -0.25) is 9.59 Å². The number of hydrogen-bond acceptors (Lipinski definition) is 2. The van der Waals surface area contributed by atoms with Crippen LogP contribution in [-0.2, 0) is 16.0 Å². The quantitative estimate of drug-likeness (QED) is 0.926. The molecule has 1 saturated heterocycles. The second-order valence-electron chi connectivity index (χ2n) is 5.06. The third-order valence-corrected chi connectivity index (χ3v) is 3.94. The summed E-state index contributed by atoms with van der Waals surface area (Å²) in [6.45, 7) is 3.61. The van der Waals surface area contributed by atoms with E-state index in [1.165, 1.54) is 0 Å². The van der Waals surface area contributed by atoms with Crippen molar-refractivity contribution < 1.29 is 9.59 Å². The van der Waals surface area contributed by atoms with E-state index in [-0.39, 0.29) is 11.8 Å². The van der Waals surface area contributed by atoms with E-state index in [0.29, 0.717) is 38.9 Å². The van der Waals surface area contributed by atoms with E-state index in [0.717, 1.165) is 16.1 Å². The predicted octanol–water partition coefficient (Wildman–Crippen LogP) is 1.93. The molecule has 0 atom stereocenters. The number of amides is 2. The van der Waals surface area contributed by atoms with Crippen molar-refractivity contribution in [2.24, 2.45) is 0 Å². The summed E-state index contributed by atoms with van der Waals surface area (Å²) in [6.07, 6.45) is 1.52. The number of carbonyl (C=O) groups is 2. The number of carbonyl (C=O) groups excluding carboxylic acids is 2. The van der Waals surface area contributed by atoms with E-state index in [1.54, 1.807) is 4.90 Å². The highest BCUT2D eigenvalue weighted by molar-refractivity contribution is 6.31. The Hall–Kier alpha value is -1.55. The molecule has 0 saturated carbocycles. The van der Waals surface area contributed by atoms with Gasteiger partial charge in [0, 0.05) is 37.5 Å². The van der Waals surface area contributed by atoms with Crippen LogP contribution in [0.1, 0.15) is 24.0 Å². The standard InChI is InChI=1S/C15H19ClN2O2/c1-11-2-3-12(10-13(11)16)4-5-15(20)18-8-6-14(19)17-7-9-18/h2-3,10H,4-9H2,1H3,(H,17,19). The van der Waals surface area contributed by atoms with E-state index in [4.69, 9.17) is 11.6 Å². The van der Waals surface area contributed by atoms with E-state index in [1.807, 2.05) is 25.1 Å². The molecular formula is C15H19ClN2O2. The zero-order chi connectivity index (χ0) is 14.5. The van der Waals surface area contributed by atoms with Gasteiger partial charge in [-0.1, -0.05) is 23.7 Å². The monoisotopic (exact) mass is 294 g/mol. The van der Waals surface area contributed by atoms with Crippen molar-refractivity contribution in [3.63, 3.8) is 0 Å². The SMILES string of the molecule is Cc1ccc(CCC(=O)N2CCNC(=O)CC2)cc1Cl. The summed E-state index contributed by atoms with van der Waals surface area (Å²) in [5.41, 5.74) is 2.11. The fourth-order valence-electron chi connectivity index (χ4n) is 2.22. The maximum atomic E-state index is 12.1. The number of halogens is 1. The molecule has 20 heavy (non-hydrogen) atoms. The highest BCUT2D eigenvalue weighted by Gasteiger charge is 2.17. The molecule has 1 aromatic carbocycles. The van der Waals surface area contributed by atoms with Gasteiger partial charge in [0.1, 0.15) is 0 Å². The van der Waals surface area contributed by atoms with Gasteiger partial charge in [0.05, 0.1) is 0 Å². The van der Waals surface area contributed by atoms with Crippen LogP contribution in [0, 0.1) is 6.92 Å². The summed E-state index contributed by atoms with van der Waals surface area (Å²) < 4.78 is 0. The van der Waals surface area contributed by atoms with Crippen LogP contribution in [0.15, 0.2) is 18.2 Å². The Balaban J connectivity index is 1.88. The summed E-state index contributed by atoms with van der Waals surface area (Å²) in [7, 11) is 0. The van der Waals surface area contributed by atoms with Gasteiger partial charge in [-0.2, -0.15) is 0 Å². The highest BCUT2D eigenvalue weighted by Crippen LogP contribution is 2.18. The molecule has 1 aliphatic rings. The van der Waals surface area contributed by atoms with E-state index >= 15 is 0 Å². The van der Waals surface area contributed by atoms with Crippen LogP contribution in [0.25, 0.3) is 0 Å². The van der Waals surface area contributed by atoms with E-state index in [2.05, 4.69) is 5.32 Å². The summed E-state index contributed by atoms with van der Waals surface area (Å²) >= 11 is 6.07. The molecule has 1 fully saturated rings. The second kappa shape index (κ2) is 6.75. The van der Waals surface area contributed by atoms with E-state index < -0.39 is 0 Å². The fourth-order valence-corrected chi connectivity index (χ4v) is 2.42. The van der Waals surface area contributed by atoms with Crippen molar-refractivity contribution in [3.8, 4) is 0 Å². The van der Waals surface area contributed by atoms with Gasteiger partial charge in [-0.15, -0.1) is 0 Å². The molecular weight excluding hydrogens is 276 g/mol. The topological polar surface area (TPSA) is 49.4 Å². The zero-order valence-corrected chi connectivity index (χ0v) is 12.4. The van der Waals surface area contributed by atoms with Crippen LogP contribution >= 0.6 is 11.6 Å². The van der Waals surface area contributed by atoms with Gasteiger partial charge in [0.25, 0.3) is 0 Å². The summed E-state index contributed by atoms with van der Waals surface area (Å²) in [5, 5.41) is 3.50. The molecule has 0 spiro atoms. The molecule has 0 radical (unpaired) electrons. The molecule has 2 amide bonds. The van der Waals surface area contributed by atoms with Crippen LogP contribution in [0.2, 0.25) is 5.02 Å². The smallest absolute Gasteiger partial charge is 0.222 e. The normalized spacial score (nSPS) is 15.7. The molecule has 4 nitrogen and oxygen atoms in total. The summed E-state index contributed by atoms with van der Waals surface area (Å²) in [4.78, 5) is 25.1. The predicted molar refractivity (Wildman–Crippen MR) is 78.7 cm³/mol. The first kappa shape index (κ1) is 14.9. The Morgan fingerprint density at radius 1 is 1.40 bits per heavy atom. The minimum absolute atomic E-state index is 0.0191. The van der Waals surface area contributed by atoms with E-state index in [9.17, 15) is 9.59 Å². The number of nitrogens with one attached hydrogen (secondary N) is 1. The number of rotatable bonds is 3. The Morgan fingerprint density at radius 2 is 2.20 bits per heavy atom. The Morgan fingerprint density at radius 3 is 2.95 bits per heavy atom. The van der Waals surface area contributed by atoms with Crippen molar-refractivity contribution in [1.82, 2.24) is 10.2 Å². The molecule has 1 heterocycles. The van der Waals surface area contributed by atoms with Gasteiger partial charge in [0.15, 0.2) is 0 Å². The molecule has 108 valence electrons. The first-order valence-corrected chi connectivity index (χ1v) is 7.23. The number of benzene rings is 1. The van der Waals surface area contributed by atoms with Crippen molar-refractivity contribution in [2.45, 2.75) is 26.2 Å². The van der Waals surface area contributed by atoms with Gasteiger partial charge in [-0.25, -0.2) is 0 Å². The second-order valence-corrected chi connectivity index (χ2v) is 5.47. The first-order chi connectivity index (χ1) is 9.56. The molecule has 1 aromatic rings. The van der Waals surface area contributed by atoms with Crippen molar-refractivity contribution in [1.29, 1.82) is 0 Å². The maximum Gasteiger partial charge on any atom is 0.222 e. The average molecular weight is 295 g/mol. The zero-order valence-electron chi connectivity index (χ0n) is 11.6. The number of nitrogens with zero attached hydrogens (tertiary/aromatic N) is 1. The molecule has 1 N–H and O–H groups in total. The molecule has 0 aromatic heterocycles. The Bertz CT molecular complexity index is 517. The summed E-state index contributed by atoms with van der Waals surface area (Å²) in [6, 6.07) is 5.89. The van der Waals surface area contributed by atoms with Gasteiger partial charge >= 0.3 is 0 Å².